The van der Waals surface area contributed by atoms with Crippen LogP contribution in [0.1, 0.15) is 11.4 Å². The van der Waals surface area contributed by atoms with E-state index in [1.165, 1.54) is 18.6 Å². The van der Waals surface area contributed by atoms with E-state index in [9.17, 15) is 13.2 Å². The van der Waals surface area contributed by atoms with Crippen LogP contribution in [0.25, 0.3) is 0 Å². The number of alkyl halides is 3. The Morgan fingerprint density at radius 3 is 2.61 bits per heavy atom. The van der Waals surface area contributed by atoms with Gasteiger partial charge in [0.05, 0.1) is 6.21 Å². The van der Waals surface area contributed by atoms with E-state index < -0.39 is 12.0 Å². The summed E-state index contributed by atoms with van der Waals surface area (Å²) in [5.41, 5.74) is 0.598. The number of hydrogen-bond acceptors (Lipinski definition) is 4. The molecule has 0 unspecified atom stereocenters. The number of halogens is 3. The van der Waals surface area contributed by atoms with Crippen LogP contribution in [0.4, 0.5) is 13.2 Å². The lowest BCUT2D eigenvalue weighted by molar-refractivity contribution is -0.147. The fourth-order valence-electron chi connectivity index (χ4n) is 1.16. The Labute approximate surface area is 104 Å². The van der Waals surface area contributed by atoms with Gasteiger partial charge >= 0.3 is 6.18 Å². The van der Waals surface area contributed by atoms with Crippen molar-refractivity contribution in [2.24, 2.45) is 5.10 Å². The summed E-state index contributed by atoms with van der Waals surface area (Å²) >= 11 is 4.68. The van der Waals surface area contributed by atoms with Crippen LogP contribution in [-0.4, -0.2) is 26.1 Å². The van der Waals surface area contributed by atoms with Gasteiger partial charge in [-0.05, 0) is 29.9 Å². The molecule has 0 aliphatic heterocycles. The zero-order valence-electron chi connectivity index (χ0n) is 8.72. The van der Waals surface area contributed by atoms with E-state index in [-0.39, 0.29) is 4.77 Å². The summed E-state index contributed by atoms with van der Waals surface area (Å²) in [5, 5.41) is 8.79. The standard InChI is InChI=1S/C9H6F3N5S/c10-9(11,12)7-15-16-8(18)17(7)14-5-6-1-3-13-4-2-6/h1-5H,(H,16,18)/b14-5-. The minimum Gasteiger partial charge on any atom is -0.265 e. The number of nitrogens with one attached hydrogen (secondary N) is 1. The fraction of sp³-hybridized carbons (Fsp3) is 0.111. The molecule has 0 aliphatic rings. The third-order valence-electron chi connectivity index (χ3n) is 1.93. The second-order valence-corrected chi connectivity index (χ2v) is 3.57. The number of H-pyrrole nitrogens is 1. The second kappa shape index (κ2) is 4.69. The lowest BCUT2D eigenvalue weighted by Gasteiger charge is -2.03. The maximum absolute atomic E-state index is 12.6. The Hall–Kier alpha value is -2.03. The molecule has 2 rings (SSSR count). The van der Waals surface area contributed by atoms with E-state index in [1.807, 2.05) is 0 Å². The van der Waals surface area contributed by atoms with Gasteiger partial charge in [0.1, 0.15) is 0 Å². The molecule has 9 heteroatoms. The van der Waals surface area contributed by atoms with Gasteiger partial charge in [0.25, 0.3) is 5.82 Å². The van der Waals surface area contributed by atoms with Gasteiger partial charge in [0.15, 0.2) is 0 Å². The first-order chi connectivity index (χ1) is 8.48. The highest BCUT2D eigenvalue weighted by atomic mass is 32.1. The largest absolute Gasteiger partial charge is 0.453 e. The maximum atomic E-state index is 12.6. The number of aromatic amines is 1. The average molecular weight is 273 g/mol. The first-order valence-electron chi connectivity index (χ1n) is 4.67. The summed E-state index contributed by atoms with van der Waals surface area (Å²) in [6.45, 7) is 0. The van der Waals surface area contributed by atoms with Crippen molar-refractivity contribution in [3.63, 3.8) is 0 Å². The summed E-state index contributed by atoms with van der Waals surface area (Å²) in [7, 11) is 0. The number of rotatable bonds is 2. The van der Waals surface area contributed by atoms with Crippen molar-refractivity contribution in [1.29, 1.82) is 0 Å². The lowest BCUT2D eigenvalue weighted by atomic mass is 10.3. The van der Waals surface area contributed by atoms with Crippen LogP contribution >= 0.6 is 12.2 Å². The Kier molecular flexibility index (Phi) is 3.24. The highest BCUT2D eigenvalue weighted by Crippen LogP contribution is 2.27. The topological polar surface area (TPSA) is 58.9 Å². The Balaban J connectivity index is 2.38. The van der Waals surface area contributed by atoms with Crippen molar-refractivity contribution < 1.29 is 13.2 Å². The van der Waals surface area contributed by atoms with Gasteiger partial charge < -0.3 is 0 Å². The van der Waals surface area contributed by atoms with E-state index in [0.717, 1.165) is 0 Å². The van der Waals surface area contributed by atoms with Gasteiger partial charge in [-0.15, -0.1) is 5.10 Å². The number of hydrogen-bond donors (Lipinski definition) is 1. The number of nitrogens with zero attached hydrogens (tertiary/aromatic N) is 4. The molecule has 0 aromatic carbocycles. The second-order valence-electron chi connectivity index (χ2n) is 3.19. The molecule has 0 saturated heterocycles. The fourth-order valence-corrected chi connectivity index (χ4v) is 1.34. The Bertz CT molecular complexity index is 613. The van der Waals surface area contributed by atoms with Crippen LogP contribution in [0.15, 0.2) is 29.6 Å². The molecule has 0 saturated carbocycles. The number of aromatic nitrogens is 4. The molecule has 0 atom stereocenters. The molecule has 2 heterocycles. The smallest absolute Gasteiger partial charge is 0.265 e. The van der Waals surface area contributed by atoms with Crippen molar-refractivity contribution in [3.8, 4) is 0 Å². The van der Waals surface area contributed by atoms with Crippen LogP contribution in [-0.2, 0) is 6.18 Å². The third-order valence-corrected chi connectivity index (χ3v) is 2.20. The first kappa shape index (κ1) is 12.4. The van der Waals surface area contributed by atoms with Gasteiger partial charge in [-0.1, -0.05) is 0 Å². The summed E-state index contributed by atoms with van der Waals surface area (Å²) in [6.07, 6.45) is -0.382. The summed E-state index contributed by atoms with van der Waals surface area (Å²) in [5.74, 6) is -1.20. The third kappa shape index (κ3) is 2.62. The number of pyridine rings is 1. The van der Waals surface area contributed by atoms with Crippen molar-refractivity contribution >= 4 is 18.4 Å². The zero-order chi connectivity index (χ0) is 13.2. The molecular formula is C9H6F3N5S. The molecule has 0 amide bonds. The van der Waals surface area contributed by atoms with Crippen LogP contribution < -0.4 is 0 Å². The molecule has 0 bridgehead atoms. The first-order valence-corrected chi connectivity index (χ1v) is 5.08. The molecule has 1 N–H and O–H groups in total. The monoisotopic (exact) mass is 273 g/mol. The van der Waals surface area contributed by atoms with Crippen molar-refractivity contribution in [1.82, 2.24) is 19.9 Å². The molecule has 94 valence electrons. The Morgan fingerprint density at radius 2 is 2.00 bits per heavy atom. The van der Waals surface area contributed by atoms with E-state index in [4.69, 9.17) is 0 Å². The summed E-state index contributed by atoms with van der Waals surface area (Å²) in [6, 6.07) is 3.20. The van der Waals surface area contributed by atoms with E-state index in [1.54, 1.807) is 12.1 Å². The minimum atomic E-state index is -4.62. The van der Waals surface area contributed by atoms with Crippen LogP contribution in [0.3, 0.4) is 0 Å². The van der Waals surface area contributed by atoms with Crippen LogP contribution in [0.5, 0.6) is 0 Å². The van der Waals surface area contributed by atoms with E-state index in [0.29, 0.717) is 10.2 Å². The van der Waals surface area contributed by atoms with Gasteiger partial charge in [-0.25, -0.2) is 5.10 Å². The highest BCUT2D eigenvalue weighted by molar-refractivity contribution is 7.71. The molecule has 5 nitrogen and oxygen atoms in total. The Morgan fingerprint density at radius 1 is 1.33 bits per heavy atom. The molecule has 0 fully saturated rings. The normalized spacial score (nSPS) is 12.2. The quantitative estimate of drug-likeness (QED) is 0.674. The summed E-state index contributed by atoms with van der Waals surface area (Å²) in [4.78, 5) is 3.78. The van der Waals surface area contributed by atoms with E-state index >= 15 is 0 Å². The van der Waals surface area contributed by atoms with Crippen molar-refractivity contribution in [2.75, 3.05) is 0 Å². The average Bonchev–Trinajstić information content (AvgIpc) is 2.69. The molecule has 18 heavy (non-hydrogen) atoms. The van der Waals surface area contributed by atoms with Gasteiger partial charge in [0.2, 0.25) is 4.77 Å². The molecule has 0 aliphatic carbocycles. The van der Waals surface area contributed by atoms with Crippen LogP contribution in [0, 0.1) is 4.77 Å². The minimum absolute atomic E-state index is 0.229. The molecule has 2 aromatic rings. The highest BCUT2D eigenvalue weighted by Gasteiger charge is 2.37. The predicted molar refractivity (Wildman–Crippen MR) is 59.6 cm³/mol. The lowest BCUT2D eigenvalue weighted by Crippen LogP contribution is -2.12. The van der Waals surface area contributed by atoms with Crippen molar-refractivity contribution in [2.45, 2.75) is 6.18 Å². The maximum Gasteiger partial charge on any atom is 0.453 e. The summed E-state index contributed by atoms with van der Waals surface area (Å²) < 4.78 is 38.0. The van der Waals surface area contributed by atoms with Gasteiger partial charge in [-0.3, -0.25) is 4.98 Å². The SMILES string of the molecule is FC(F)(F)c1n[nH]c(=S)n1/N=C\c1ccncc1. The van der Waals surface area contributed by atoms with Crippen LogP contribution in [0.2, 0.25) is 0 Å². The van der Waals surface area contributed by atoms with Crippen molar-refractivity contribution in [3.05, 3.63) is 40.7 Å². The van der Waals surface area contributed by atoms with Gasteiger partial charge in [0, 0.05) is 12.4 Å². The molecule has 2 aromatic heterocycles. The van der Waals surface area contributed by atoms with E-state index in [2.05, 4.69) is 32.5 Å². The molecule has 0 radical (unpaired) electrons. The van der Waals surface area contributed by atoms with Gasteiger partial charge in [-0.2, -0.15) is 22.9 Å². The molecular weight excluding hydrogens is 267 g/mol. The molecule has 0 spiro atoms. The predicted octanol–water partition coefficient (Wildman–Crippen LogP) is 2.24. The zero-order valence-corrected chi connectivity index (χ0v) is 9.53.